The number of rotatable bonds is 12. The van der Waals surface area contributed by atoms with Crippen molar-refractivity contribution >= 4 is 64.3 Å². The third kappa shape index (κ3) is 11.1. The van der Waals surface area contributed by atoms with E-state index in [1.54, 1.807) is 23.8 Å². The van der Waals surface area contributed by atoms with Gasteiger partial charge < -0.3 is 36.0 Å². The van der Waals surface area contributed by atoms with E-state index in [2.05, 4.69) is 26.3 Å². The molecule has 4 saturated carbocycles. The number of benzene rings is 1. The monoisotopic (exact) mass is 1030 g/mol. The van der Waals surface area contributed by atoms with Crippen molar-refractivity contribution in [3.63, 3.8) is 0 Å². The molecular weight excluding hydrogens is 968 g/mol. The average molecular weight is 1030 g/mol. The van der Waals surface area contributed by atoms with Crippen LogP contribution in [0.2, 0.25) is 5.02 Å². The molecule has 0 unspecified atom stereocenters. The summed E-state index contributed by atoms with van der Waals surface area (Å²) in [5.74, 6) is -5.32. The van der Waals surface area contributed by atoms with E-state index in [-0.39, 0.29) is 50.1 Å². The fourth-order valence-corrected chi connectivity index (χ4v) is 12.1. The standard InChI is InChI=1S/C50H65ClF4N8O7S/c1-28(2)18-35-44(68)61(4)37(20-31-19-32(51)11-12-34(31)39-22-56-27-71-39)42(66)60-49(15-16-49)45(69)57-17-6-5-8-36(40(64)59-35)62(23-30-9-10-30)43(67)29(3)58-41(65)38-21-33(52)24-63(38)46(70)48(50(53,54)55)25-47(26-48)13-7-14-47/h11-12,19,22,27-30,33,35-38H,5-10,13-18,20-21,23-26H2,1-4H3,(H,57,69)(H,58,65)(H,59,64)(H,60,66)/t29-,33+,35-,36-,37-,38-/m0/s1. The van der Waals surface area contributed by atoms with E-state index in [0.29, 0.717) is 54.0 Å². The second kappa shape index (κ2) is 20.6. The first-order valence-corrected chi connectivity index (χ1v) is 26.3. The lowest BCUT2D eigenvalue weighted by atomic mass is 9.44. The number of aromatic nitrogens is 1. The number of hydrogen-bond donors (Lipinski definition) is 4. The predicted octanol–water partition coefficient (Wildman–Crippen LogP) is 5.88. The highest BCUT2D eigenvalue weighted by molar-refractivity contribution is 7.13. The smallest absolute Gasteiger partial charge is 0.354 e. The molecule has 6 aliphatic rings. The number of nitrogens with one attached hydrogen (secondary N) is 4. The van der Waals surface area contributed by atoms with Crippen molar-refractivity contribution in [3.8, 4) is 10.4 Å². The molecule has 388 valence electrons. The van der Waals surface area contributed by atoms with Crippen LogP contribution < -0.4 is 21.3 Å². The highest BCUT2D eigenvalue weighted by Gasteiger charge is 2.74. The van der Waals surface area contributed by atoms with Gasteiger partial charge in [0, 0.05) is 44.2 Å². The Hall–Kier alpha value is -4.85. The average Bonchev–Trinajstić information content (AvgIpc) is 4.16. The van der Waals surface area contributed by atoms with Gasteiger partial charge in [0.05, 0.1) is 16.9 Å². The van der Waals surface area contributed by atoms with Gasteiger partial charge in [0.15, 0.2) is 0 Å². The lowest BCUT2D eigenvalue weighted by molar-refractivity contribution is -0.285. The number of thiazole rings is 1. The molecule has 0 radical (unpaired) electrons. The van der Waals surface area contributed by atoms with Crippen LogP contribution in [0.15, 0.2) is 29.9 Å². The van der Waals surface area contributed by atoms with Crippen molar-refractivity contribution in [2.24, 2.45) is 22.7 Å². The van der Waals surface area contributed by atoms with Crippen molar-refractivity contribution in [3.05, 3.63) is 40.5 Å². The third-order valence-corrected chi connectivity index (χ3v) is 16.8. The third-order valence-electron chi connectivity index (χ3n) is 15.7. The lowest BCUT2D eigenvalue weighted by Gasteiger charge is -2.60. The van der Waals surface area contributed by atoms with E-state index in [1.165, 1.54) is 35.1 Å². The largest absolute Gasteiger partial charge is 0.403 e. The summed E-state index contributed by atoms with van der Waals surface area (Å²) in [5.41, 5.74) is -1.40. The van der Waals surface area contributed by atoms with Crippen LogP contribution in [-0.4, -0.2) is 136 Å². The summed E-state index contributed by atoms with van der Waals surface area (Å²) in [6.45, 7) is 4.74. The number of hydrogen-bond acceptors (Lipinski definition) is 9. The Morgan fingerprint density at radius 2 is 1.72 bits per heavy atom. The number of alkyl halides is 4. The SMILES string of the molecule is CC(C)C[C@@H]1NC(=O)[C@@H](N(CC2CC2)C(=O)[C@H](C)NC(=O)[C@@H]2C[C@@H](F)CN2C(=O)C2(C(F)(F)F)CC3(CCC3)C2)CCCCNC(=O)C2(CC2)NC(=O)[C@H](Cc2cc(Cl)ccc2-c2cncs2)N(C)C1=O. The topological polar surface area (TPSA) is 190 Å². The number of likely N-dealkylation sites (N-methyl/N-ethyl adjacent to an activating group) is 1. The van der Waals surface area contributed by atoms with Crippen LogP contribution in [0.3, 0.4) is 0 Å². The minimum Gasteiger partial charge on any atom is -0.354 e. The molecule has 4 aliphatic carbocycles. The normalized spacial score (nSPS) is 27.0. The zero-order valence-electron chi connectivity index (χ0n) is 40.7. The molecule has 6 atom stereocenters. The zero-order chi connectivity index (χ0) is 51.2. The number of carbonyl (C=O) groups is 7. The molecule has 3 heterocycles. The molecule has 8 rings (SSSR count). The van der Waals surface area contributed by atoms with E-state index in [4.69, 9.17) is 11.6 Å². The molecule has 1 aromatic carbocycles. The van der Waals surface area contributed by atoms with Crippen LogP contribution >= 0.6 is 22.9 Å². The van der Waals surface area contributed by atoms with Gasteiger partial charge in [0.1, 0.15) is 47.3 Å². The van der Waals surface area contributed by atoms with Crippen molar-refractivity contribution < 1.29 is 51.1 Å². The van der Waals surface area contributed by atoms with Gasteiger partial charge in [-0.1, -0.05) is 37.9 Å². The number of carbonyl (C=O) groups excluding carboxylic acids is 7. The Balaban J connectivity index is 1.05. The first kappa shape index (κ1) is 52.5. The first-order valence-electron chi connectivity index (χ1n) is 25.0. The van der Waals surface area contributed by atoms with Crippen molar-refractivity contribution in [2.75, 3.05) is 26.7 Å². The maximum atomic E-state index is 15.1. The fourth-order valence-electron chi connectivity index (χ4n) is 11.2. The Morgan fingerprint density at radius 3 is 2.32 bits per heavy atom. The van der Waals surface area contributed by atoms with Crippen LogP contribution in [0.25, 0.3) is 10.4 Å². The van der Waals surface area contributed by atoms with Gasteiger partial charge >= 0.3 is 6.18 Å². The quantitative estimate of drug-likeness (QED) is 0.190. The molecule has 2 aromatic rings. The molecule has 6 fully saturated rings. The van der Waals surface area contributed by atoms with Gasteiger partial charge in [0.25, 0.3) is 0 Å². The maximum absolute atomic E-state index is 15.1. The van der Waals surface area contributed by atoms with Gasteiger partial charge in [-0.25, -0.2) is 4.39 Å². The van der Waals surface area contributed by atoms with E-state index >= 15 is 4.39 Å². The number of amides is 7. The molecular formula is C50H65ClF4N8O7S. The van der Waals surface area contributed by atoms with E-state index in [1.807, 2.05) is 19.9 Å². The highest BCUT2D eigenvalue weighted by Crippen LogP contribution is 2.69. The number of halogens is 5. The molecule has 71 heavy (non-hydrogen) atoms. The molecule has 2 aliphatic heterocycles. The fraction of sp³-hybridized carbons (Fsp3) is 0.680. The second-order valence-electron chi connectivity index (χ2n) is 21.6. The van der Waals surface area contributed by atoms with Crippen LogP contribution in [0.1, 0.15) is 116 Å². The van der Waals surface area contributed by atoms with Crippen LogP contribution in [0, 0.1) is 22.7 Å². The minimum absolute atomic E-state index is 0.0131. The Bertz CT molecular complexity index is 2370. The highest BCUT2D eigenvalue weighted by atomic mass is 35.5. The van der Waals surface area contributed by atoms with Gasteiger partial charge in [-0.15, -0.1) is 11.3 Å². The second-order valence-corrected chi connectivity index (χ2v) is 22.9. The van der Waals surface area contributed by atoms with Crippen molar-refractivity contribution in [1.29, 1.82) is 0 Å². The minimum atomic E-state index is -4.91. The predicted molar refractivity (Wildman–Crippen MR) is 256 cm³/mol. The maximum Gasteiger partial charge on any atom is 0.403 e. The van der Waals surface area contributed by atoms with E-state index in [9.17, 15) is 46.7 Å². The van der Waals surface area contributed by atoms with E-state index in [0.717, 1.165) is 29.7 Å². The molecule has 4 N–H and O–H groups in total. The molecule has 2 saturated heterocycles. The molecule has 2 spiro atoms. The first-order chi connectivity index (χ1) is 33.6. The Morgan fingerprint density at radius 1 is 1.00 bits per heavy atom. The summed E-state index contributed by atoms with van der Waals surface area (Å²) in [4.78, 5) is 109. The Kier molecular flexibility index (Phi) is 15.2. The summed E-state index contributed by atoms with van der Waals surface area (Å²) in [6, 6.07) is -1.26. The molecule has 21 heteroatoms. The molecule has 7 amide bonds. The molecule has 0 bridgehead atoms. The lowest BCUT2D eigenvalue weighted by Crippen LogP contribution is -2.66. The van der Waals surface area contributed by atoms with Crippen LogP contribution in [-0.2, 0) is 40.0 Å². The van der Waals surface area contributed by atoms with Gasteiger partial charge in [-0.05, 0) is 124 Å². The summed E-state index contributed by atoms with van der Waals surface area (Å²) in [5, 5.41) is 11.8. The summed E-state index contributed by atoms with van der Waals surface area (Å²) >= 11 is 7.90. The Labute approximate surface area is 420 Å². The van der Waals surface area contributed by atoms with Gasteiger partial charge in [0.2, 0.25) is 41.4 Å². The zero-order valence-corrected chi connectivity index (χ0v) is 42.3. The number of nitrogens with zero attached hydrogens (tertiary/aromatic N) is 4. The van der Waals surface area contributed by atoms with Crippen molar-refractivity contribution in [2.45, 2.75) is 165 Å². The van der Waals surface area contributed by atoms with Crippen LogP contribution in [0.5, 0.6) is 0 Å². The molecule has 15 nitrogen and oxygen atoms in total. The molecule has 1 aromatic heterocycles. The van der Waals surface area contributed by atoms with Gasteiger partial charge in [-0.3, -0.25) is 38.5 Å². The van der Waals surface area contributed by atoms with E-state index < -0.39 is 120 Å². The van der Waals surface area contributed by atoms with Crippen molar-refractivity contribution in [1.82, 2.24) is 41.0 Å². The summed E-state index contributed by atoms with van der Waals surface area (Å²) in [7, 11) is 1.47. The summed E-state index contributed by atoms with van der Waals surface area (Å²) < 4.78 is 59.2. The number of likely N-dealkylation sites (tertiary alicyclic amines) is 1. The summed E-state index contributed by atoms with van der Waals surface area (Å²) in [6.07, 6.45) is -1.19. The van der Waals surface area contributed by atoms with Gasteiger partial charge in [-0.2, -0.15) is 13.2 Å². The van der Waals surface area contributed by atoms with Crippen LogP contribution in [0.4, 0.5) is 17.6 Å².